The number of ether oxygens (including phenoxy) is 1. The number of carbonyl (C=O) groups is 1. The van der Waals surface area contributed by atoms with Crippen LogP contribution in [0, 0.1) is 16.7 Å². The number of ketones is 1. The predicted octanol–water partition coefficient (Wildman–Crippen LogP) is 2.31. The van der Waals surface area contributed by atoms with Crippen LogP contribution < -0.4 is 0 Å². The summed E-state index contributed by atoms with van der Waals surface area (Å²) in [5.41, 5.74) is -1.23. The smallest absolute Gasteiger partial charge is 0.167 e. The molecular weight excluding hydrogens is 228 g/mol. The van der Waals surface area contributed by atoms with Gasteiger partial charge in [-0.15, -0.1) is 0 Å². The molecule has 3 aliphatic rings. The lowest BCUT2D eigenvalue weighted by molar-refractivity contribution is -0.137. The van der Waals surface area contributed by atoms with E-state index >= 15 is 0 Å². The molecule has 3 rings (SSSR count). The van der Waals surface area contributed by atoms with Crippen LogP contribution in [0.5, 0.6) is 0 Å². The molecule has 0 aromatic heterocycles. The van der Waals surface area contributed by atoms with Crippen LogP contribution in [0.2, 0.25) is 0 Å². The molecule has 3 heteroatoms. The average molecular weight is 252 g/mol. The Morgan fingerprint density at radius 1 is 1.28 bits per heavy atom. The van der Waals surface area contributed by atoms with Crippen molar-refractivity contribution in [2.45, 2.75) is 64.6 Å². The number of fused-ring (bicyclic) bond motifs is 3. The second-order valence-electron chi connectivity index (χ2n) is 7.56. The number of carbonyl (C=O) groups excluding carboxylic acids is 1. The summed E-state index contributed by atoms with van der Waals surface area (Å²) in [7, 11) is 0. The minimum absolute atomic E-state index is 0.0294. The SMILES string of the molecule is CC1(C)CCC[C@@]2(C)C1CC(=O)[C@@]1(C)O[C@@]21CO. The zero-order chi connectivity index (χ0) is 13.4. The Hall–Kier alpha value is -0.410. The Kier molecular flexibility index (Phi) is 2.23. The molecule has 102 valence electrons. The summed E-state index contributed by atoms with van der Waals surface area (Å²) < 4.78 is 5.88. The average Bonchev–Trinajstić information content (AvgIpc) is 2.92. The summed E-state index contributed by atoms with van der Waals surface area (Å²) >= 11 is 0. The molecule has 1 N–H and O–H groups in total. The number of rotatable bonds is 1. The van der Waals surface area contributed by atoms with Crippen LogP contribution in [0.25, 0.3) is 0 Å². The molecule has 1 saturated heterocycles. The number of Topliss-reactive ketones (excluding diaryl/α,β-unsaturated/α-hetero) is 1. The van der Waals surface area contributed by atoms with Gasteiger partial charge in [0.15, 0.2) is 11.4 Å². The lowest BCUT2D eigenvalue weighted by atomic mass is 9.46. The molecule has 0 bridgehead atoms. The highest BCUT2D eigenvalue weighted by atomic mass is 16.6. The van der Waals surface area contributed by atoms with E-state index in [1.807, 2.05) is 6.92 Å². The van der Waals surface area contributed by atoms with Crippen LogP contribution in [0.15, 0.2) is 0 Å². The van der Waals surface area contributed by atoms with E-state index in [-0.39, 0.29) is 23.2 Å². The Labute approximate surface area is 109 Å². The molecule has 2 saturated carbocycles. The van der Waals surface area contributed by atoms with Gasteiger partial charge < -0.3 is 9.84 Å². The number of aliphatic hydroxyl groups excluding tert-OH is 1. The van der Waals surface area contributed by atoms with Crippen molar-refractivity contribution >= 4 is 5.78 Å². The molecule has 3 nitrogen and oxygen atoms in total. The third-order valence-corrected chi connectivity index (χ3v) is 6.40. The summed E-state index contributed by atoms with van der Waals surface area (Å²) in [5.74, 6) is 0.517. The van der Waals surface area contributed by atoms with E-state index in [1.54, 1.807) is 0 Å². The van der Waals surface area contributed by atoms with E-state index in [9.17, 15) is 9.90 Å². The highest BCUT2D eigenvalue weighted by Gasteiger charge is 2.82. The van der Waals surface area contributed by atoms with Crippen LogP contribution in [-0.4, -0.2) is 28.7 Å². The Morgan fingerprint density at radius 3 is 2.56 bits per heavy atom. The topological polar surface area (TPSA) is 49.8 Å². The zero-order valence-corrected chi connectivity index (χ0v) is 11.9. The molecule has 0 aromatic carbocycles. The molecule has 0 amide bonds. The van der Waals surface area contributed by atoms with Crippen LogP contribution >= 0.6 is 0 Å². The lowest BCUT2D eigenvalue weighted by Crippen LogP contribution is -2.60. The van der Waals surface area contributed by atoms with Crippen molar-refractivity contribution in [3.63, 3.8) is 0 Å². The third-order valence-electron chi connectivity index (χ3n) is 6.40. The number of hydrogen-bond acceptors (Lipinski definition) is 3. The van der Waals surface area contributed by atoms with Gasteiger partial charge in [-0.25, -0.2) is 0 Å². The molecule has 0 spiro atoms. The highest BCUT2D eigenvalue weighted by molar-refractivity contribution is 5.93. The van der Waals surface area contributed by atoms with Crippen molar-refractivity contribution in [1.29, 1.82) is 0 Å². The largest absolute Gasteiger partial charge is 0.393 e. The van der Waals surface area contributed by atoms with Gasteiger partial charge in [0.2, 0.25) is 0 Å². The summed E-state index contributed by atoms with van der Waals surface area (Å²) in [6, 6.07) is 0. The van der Waals surface area contributed by atoms with Gasteiger partial charge in [0.25, 0.3) is 0 Å². The van der Waals surface area contributed by atoms with Crippen LogP contribution in [-0.2, 0) is 9.53 Å². The maximum Gasteiger partial charge on any atom is 0.167 e. The summed E-state index contributed by atoms with van der Waals surface area (Å²) in [4.78, 5) is 12.4. The summed E-state index contributed by atoms with van der Waals surface area (Å²) in [6.45, 7) is 8.59. The molecule has 1 heterocycles. The van der Waals surface area contributed by atoms with Gasteiger partial charge in [0.05, 0.1) is 6.61 Å². The number of aliphatic hydroxyl groups is 1. The van der Waals surface area contributed by atoms with Crippen molar-refractivity contribution < 1.29 is 14.6 Å². The number of epoxide rings is 1. The first kappa shape index (κ1) is 12.6. The second kappa shape index (κ2) is 3.18. The van der Waals surface area contributed by atoms with E-state index < -0.39 is 11.2 Å². The Bertz CT molecular complexity index is 416. The summed E-state index contributed by atoms with van der Waals surface area (Å²) in [6.07, 6.45) is 4.00. The molecule has 1 unspecified atom stereocenters. The van der Waals surface area contributed by atoms with E-state index in [0.29, 0.717) is 12.3 Å². The van der Waals surface area contributed by atoms with Crippen LogP contribution in [0.3, 0.4) is 0 Å². The van der Waals surface area contributed by atoms with Gasteiger partial charge in [-0.1, -0.05) is 27.2 Å². The van der Waals surface area contributed by atoms with Crippen LogP contribution in [0.1, 0.15) is 53.4 Å². The Balaban J connectivity index is 2.10. The fourth-order valence-electron chi connectivity index (χ4n) is 5.12. The summed E-state index contributed by atoms with van der Waals surface area (Å²) in [5, 5.41) is 9.87. The van der Waals surface area contributed by atoms with Crippen molar-refractivity contribution in [3.05, 3.63) is 0 Å². The van der Waals surface area contributed by atoms with E-state index in [0.717, 1.165) is 12.8 Å². The van der Waals surface area contributed by atoms with Gasteiger partial charge in [-0.2, -0.15) is 0 Å². The van der Waals surface area contributed by atoms with Crippen LogP contribution in [0.4, 0.5) is 0 Å². The molecule has 2 aliphatic carbocycles. The molecule has 0 radical (unpaired) electrons. The fraction of sp³-hybridized carbons (Fsp3) is 0.933. The first-order chi connectivity index (χ1) is 8.23. The second-order valence-corrected chi connectivity index (χ2v) is 7.56. The maximum absolute atomic E-state index is 12.4. The van der Waals surface area contributed by atoms with E-state index in [2.05, 4.69) is 20.8 Å². The molecule has 3 fully saturated rings. The standard InChI is InChI=1S/C15H24O3/c1-12(2)6-5-7-13(3)10(12)8-11(17)14(4)15(13,9-16)18-14/h10,16H,5-9H2,1-4H3/t10?,13-,14+,15-/m0/s1. The molecular formula is C15H24O3. The number of hydrogen-bond donors (Lipinski definition) is 1. The molecule has 0 aromatic rings. The van der Waals surface area contributed by atoms with Crippen molar-refractivity contribution in [2.24, 2.45) is 16.7 Å². The van der Waals surface area contributed by atoms with Crippen molar-refractivity contribution in [1.82, 2.24) is 0 Å². The fourth-order valence-corrected chi connectivity index (χ4v) is 5.12. The first-order valence-electron chi connectivity index (χ1n) is 7.08. The third kappa shape index (κ3) is 1.11. The Morgan fingerprint density at radius 2 is 1.94 bits per heavy atom. The lowest BCUT2D eigenvalue weighted by Gasteiger charge is -2.55. The van der Waals surface area contributed by atoms with Gasteiger partial charge in [0.1, 0.15) is 5.60 Å². The molecule has 4 atom stereocenters. The van der Waals surface area contributed by atoms with E-state index in [1.165, 1.54) is 6.42 Å². The maximum atomic E-state index is 12.4. The normalized spacial score (nSPS) is 53.6. The van der Waals surface area contributed by atoms with Gasteiger partial charge >= 0.3 is 0 Å². The van der Waals surface area contributed by atoms with Gasteiger partial charge in [-0.3, -0.25) is 4.79 Å². The van der Waals surface area contributed by atoms with Gasteiger partial charge in [0, 0.05) is 11.8 Å². The van der Waals surface area contributed by atoms with E-state index in [4.69, 9.17) is 4.74 Å². The van der Waals surface area contributed by atoms with Gasteiger partial charge in [-0.05, 0) is 31.1 Å². The van der Waals surface area contributed by atoms with Crippen molar-refractivity contribution in [3.8, 4) is 0 Å². The van der Waals surface area contributed by atoms with Crippen molar-refractivity contribution in [2.75, 3.05) is 6.61 Å². The highest BCUT2D eigenvalue weighted by Crippen LogP contribution is 2.71. The quantitative estimate of drug-likeness (QED) is 0.729. The predicted molar refractivity (Wildman–Crippen MR) is 68.2 cm³/mol. The first-order valence-corrected chi connectivity index (χ1v) is 7.08. The molecule has 1 aliphatic heterocycles. The molecule has 18 heavy (non-hydrogen) atoms. The minimum atomic E-state index is -0.722. The minimum Gasteiger partial charge on any atom is -0.393 e. The zero-order valence-electron chi connectivity index (χ0n) is 11.9. The monoisotopic (exact) mass is 252 g/mol.